The van der Waals surface area contributed by atoms with Gasteiger partial charge in [-0.2, -0.15) is 0 Å². The van der Waals surface area contributed by atoms with Gasteiger partial charge < -0.3 is 10.1 Å². The van der Waals surface area contributed by atoms with Crippen LogP contribution in [0.4, 0.5) is 0 Å². The molecule has 1 heterocycles. The summed E-state index contributed by atoms with van der Waals surface area (Å²) in [7, 11) is 3.74. The minimum atomic E-state index is 0.436. The van der Waals surface area contributed by atoms with E-state index in [1.165, 1.54) is 24.8 Å². The molecule has 17 heavy (non-hydrogen) atoms. The molecule has 3 rings (SSSR count). The van der Waals surface area contributed by atoms with E-state index in [9.17, 15) is 0 Å². The fourth-order valence-corrected chi connectivity index (χ4v) is 3.43. The fraction of sp³-hybridized carbons (Fsp3) is 0.643. The van der Waals surface area contributed by atoms with Crippen LogP contribution in [0.15, 0.2) is 18.5 Å². The van der Waals surface area contributed by atoms with Crippen molar-refractivity contribution in [1.29, 1.82) is 0 Å². The average molecular weight is 232 g/mol. The molecule has 1 aromatic rings. The highest BCUT2D eigenvalue weighted by Crippen LogP contribution is 2.57. The summed E-state index contributed by atoms with van der Waals surface area (Å²) in [5, 5.41) is 3.46. The van der Waals surface area contributed by atoms with Gasteiger partial charge in [0.2, 0.25) is 0 Å². The van der Waals surface area contributed by atoms with Gasteiger partial charge in [0.05, 0.1) is 13.3 Å². The van der Waals surface area contributed by atoms with E-state index < -0.39 is 0 Å². The van der Waals surface area contributed by atoms with Crippen molar-refractivity contribution in [2.75, 3.05) is 14.2 Å². The van der Waals surface area contributed by atoms with E-state index in [1.807, 2.05) is 13.2 Å². The smallest absolute Gasteiger partial charge is 0.137 e. The van der Waals surface area contributed by atoms with Crippen LogP contribution in [0.25, 0.3) is 0 Å². The molecule has 3 heteroatoms. The molecule has 0 spiro atoms. The van der Waals surface area contributed by atoms with E-state index in [2.05, 4.69) is 16.4 Å². The number of pyridine rings is 1. The largest absolute Gasteiger partial charge is 0.495 e. The highest BCUT2D eigenvalue weighted by atomic mass is 16.5. The van der Waals surface area contributed by atoms with Crippen molar-refractivity contribution in [3.8, 4) is 5.75 Å². The zero-order chi connectivity index (χ0) is 11.8. The van der Waals surface area contributed by atoms with Gasteiger partial charge >= 0.3 is 0 Å². The predicted octanol–water partition coefficient (Wildman–Crippen LogP) is 2.40. The number of aromatic nitrogens is 1. The first kappa shape index (κ1) is 11.0. The maximum atomic E-state index is 5.25. The summed E-state index contributed by atoms with van der Waals surface area (Å²) in [5.74, 6) is 3.67. The lowest BCUT2D eigenvalue weighted by molar-refractivity contribution is 0.356. The molecule has 0 amide bonds. The number of hydrogen-bond donors (Lipinski definition) is 1. The van der Waals surface area contributed by atoms with Crippen molar-refractivity contribution in [2.45, 2.75) is 25.3 Å². The Hall–Kier alpha value is -1.09. The summed E-state index contributed by atoms with van der Waals surface area (Å²) in [6, 6.07) is 2.54. The van der Waals surface area contributed by atoms with Crippen LogP contribution in [-0.4, -0.2) is 19.1 Å². The van der Waals surface area contributed by atoms with Gasteiger partial charge in [-0.05, 0) is 55.7 Å². The maximum absolute atomic E-state index is 5.25. The lowest BCUT2D eigenvalue weighted by Crippen LogP contribution is -2.24. The molecule has 2 saturated carbocycles. The van der Waals surface area contributed by atoms with E-state index in [-0.39, 0.29) is 0 Å². The third-order valence-electron chi connectivity index (χ3n) is 4.39. The van der Waals surface area contributed by atoms with Crippen molar-refractivity contribution in [1.82, 2.24) is 10.3 Å². The molecule has 2 aliphatic rings. The van der Waals surface area contributed by atoms with Crippen molar-refractivity contribution < 1.29 is 4.74 Å². The highest BCUT2D eigenvalue weighted by molar-refractivity contribution is 5.27. The molecule has 0 radical (unpaired) electrons. The van der Waals surface area contributed by atoms with E-state index >= 15 is 0 Å². The van der Waals surface area contributed by atoms with Crippen LogP contribution in [0.3, 0.4) is 0 Å². The zero-order valence-electron chi connectivity index (χ0n) is 10.5. The molecule has 1 aromatic heterocycles. The second-order valence-corrected chi connectivity index (χ2v) is 5.41. The molecule has 0 aromatic carbocycles. The Bertz CT molecular complexity index is 397. The van der Waals surface area contributed by atoms with Crippen LogP contribution in [-0.2, 0) is 0 Å². The fourth-order valence-electron chi connectivity index (χ4n) is 3.43. The predicted molar refractivity (Wildman–Crippen MR) is 66.9 cm³/mol. The van der Waals surface area contributed by atoms with E-state index in [1.54, 1.807) is 13.3 Å². The maximum Gasteiger partial charge on any atom is 0.137 e. The minimum Gasteiger partial charge on any atom is -0.495 e. The number of fused-ring (bicyclic) bond motifs is 1. The third kappa shape index (κ3) is 2.04. The highest BCUT2D eigenvalue weighted by Gasteiger charge is 2.47. The van der Waals surface area contributed by atoms with Crippen LogP contribution >= 0.6 is 0 Å². The van der Waals surface area contributed by atoms with Gasteiger partial charge in [-0.3, -0.25) is 4.98 Å². The average Bonchev–Trinajstić information content (AvgIpc) is 2.98. The summed E-state index contributed by atoms with van der Waals surface area (Å²) >= 11 is 0. The van der Waals surface area contributed by atoms with E-state index in [0.717, 1.165) is 23.5 Å². The van der Waals surface area contributed by atoms with Crippen LogP contribution in [0, 0.1) is 17.8 Å². The Balaban J connectivity index is 1.78. The number of hydrogen-bond acceptors (Lipinski definition) is 3. The molecule has 3 nitrogen and oxygen atoms in total. The summed E-state index contributed by atoms with van der Waals surface area (Å²) in [5.41, 5.74) is 1.26. The number of methoxy groups -OCH3 is 1. The van der Waals surface area contributed by atoms with Gasteiger partial charge in [0.25, 0.3) is 0 Å². The van der Waals surface area contributed by atoms with Crippen molar-refractivity contribution in [2.24, 2.45) is 17.8 Å². The molecular weight excluding hydrogens is 212 g/mol. The lowest BCUT2D eigenvalue weighted by Gasteiger charge is -2.24. The van der Waals surface area contributed by atoms with Crippen LogP contribution < -0.4 is 10.1 Å². The zero-order valence-corrected chi connectivity index (χ0v) is 10.5. The standard InChI is InChI=1S/C14H20N2O/c1-15-14(11-4-9-3-10(9)5-11)12-6-13(17-2)8-16-7-12/h6-11,14-15H,3-5H2,1-2H3. The molecule has 0 bridgehead atoms. The number of nitrogens with zero attached hydrogens (tertiary/aromatic N) is 1. The van der Waals surface area contributed by atoms with Gasteiger partial charge in [-0.15, -0.1) is 0 Å². The van der Waals surface area contributed by atoms with Crippen molar-refractivity contribution >= 4 is 0 Å². The van der Waals surface area contributed by atoms with Gasteiger partial charge in [0.15, 0.2) is 0 Å². The Kier molecular flexibility index (Phi) is 2.79. The molecule has 92 valence electrons. The van der Waals surface area contributed by atoms with Gasteiger partial charge in [-0.25, -0.2) is 0 Å². The number of rotatable bonds is 4. The minimum absolute atomic E-state index is 0.436. The first-order valence-electron chi connectivity index (χ1n) is 6.48. The lowest BCUT2D eigenvalue weighted by atomic mass is 9.90. The van der Waals surface area contributed by atoms with Crippen LogP contribution in [0.2, 0.25) is 0 Å². The molecule has 0 aliphatic heterocycles. The second-order valence-electron chi connectivity index (χ2n) is 5.41. The molecule has 3 atom stereocenters. The SMILES string of the molecule is CNC(c1cncc(OC)c1)C1CC2CC2C1. The third-order valence-corrected chi connectivity index (χ3v) is 4.39. The van der Waals surface area contributed by atoms with Crippen LogP contribution in [0.1, 0.15) is 30.9 Å². The first-order valence-corrected chi connectivity index (χ1v) is 6.48. The molecule has 1 N–H and O–H groups in total. The molecule has 2 aliphatic carbocycles. The normalized spacial score (nSPS) is 32.0. The summed E-state index contributed by atoms with van der Waals surface area (Å²) in [6.07, 6.45) is 7.97. The Morgan fingerprint density at radius 2 is 2.06 bits per heavy atom. The van der Waals surface area contributed by atoms with Crippen LogP contribution in [0.5, 0.6) is 5.75 Å². The Labute approximate surface area is 103 Å². The quantitative estimate of drug-likeness (QED) is 0.865. The summed E-state index contributed by atoms with van der Waals surface area (Å²) in [4.78, 5) is 4.26. The topological polar surface area (TPSA) is 34.2 Å². The Morgan fingerprint density at radius 1 is 1.29 bits per heavy atom. The van der Waals surface area contributed by atoms with E-state index in [0.29, 0.717) is 6.04 Å². The van der Waals surface area contributed by atoms with Gasteiger partial charge in [-0.1, -0.05) is 0 Å². The number of nitrogens with one attached hydrogen (secondary N) is 1. The first-order chi connectivity index (χ1) is 8.31. The molecule has 0 saturated heterocycles. The van der Waals surface area contributed by atoms with Crippen molar-refractivity contribution in [3.63, 3.8) is 0 Å². The van der Waals surface area contributed by atoms with Gasteiger partial charge in [0, 0.05) is 12.2 Å². The molecule has 3 unspecified atom stereocenters. The van der Waals surface area contributed by atoms with Crippen molar-refractivity contribution in [3.05, 3.63) is 24.0 Å². The second kappa shape index (κ2) is 4.30. The summed E-state index contributed by atoms with van der Waals surface area (Å²) in [6.45, 7) is 0. The number of ether oxygens (including phenoxy) is 1. The summed E-state index contributed by atoms with van der Waals surface area (Å²) < 4.78 is 5.25. The molecule has 2 fully saturated rings. The monoisotopic (exact) mass is 232 g/mol. The van der Waals surface area contributed by atoms with E-state index in [4.69, 9.17) is 4.74 Å². The Morgan fingerprint density at radius 3 is 2.71 bits per heavy atom. The molecular formula is C14H20N2O. The van der Waals surface area contributed by atoms with Gasteiger partial charge in [0.1, 0.15) is 5.75 Å².